The molecule has 0 saturated carbocycles. The molecule has 0 amide bonds. The predicted molar refractivity (Wildman–Crippen MR) is 90.9 cm³/mol. The zero-order valence-corrected chi connectivity index (χ0v) is 13.3. The van der Waals surface area contributed by atoms with Gasteiger partial charge in [0.2, 0.25) is 0 Å². The van der Waals surface area contributed by atoms with E-state index in [1.807, 2.05) is 59.3 Å². The molecule has 4 rings (SSSR count). The van der Waals surface area contributed by atoms with Gasteiger partial charge in [-0.3, -0.25) is 0 Å². The smallest absolute Gasteiger partial charge is 0.150 e. The van der Waals surface area contributed by atoms with E-state index in [-0.39, 0.29) is 6.04 Å². The standard InChI is InChI=1S/C18H14ClN3O2/c19-13-5-3-4-12(10-13)18-17(22-9-8-20-11-22)16(21-23)14-6-1-2-7-15(14)24-18/h1-11,17-18,23H/b21-16-/t17-,18+/m1/s1. The van der Waals surface area contributed by atoms with Crippen LogP contribution in [0.1, 0.15) is 23.3 Å². The number of fused-ring (bicyclic) bond motifs is 1. The summed E-state index contributed by atoms with van der Waals surface area (Å²) in [4.78, 5) is 4.11. The summed E-state index contributed by atoms with van der Waals surface area (Å²) in [5, 5.41) is 13.9. The minimum atomic E-state index is -0.390. The second kappa shape index (κ2) is 6.02. The van der Waals surface area contributed by atoms with Gasteiger partial charge in [0.05, 0.1) is 6.33 Å². The van der Waals surface area contributed by atoms with Crippen LogP contribution < -0.4 is 4.74 Å². The SMILES string of the molecule is O/N=C1/c2ccccc2O[C@@H](c2cccc(Cl)c2)[C@@H]1n1ccnc1. The lowest BCUT2D eigenvalue weighted by Gasteiger charge is -2.35. The molecule has 0 radical (unpaired) electrons. The molecule has 3 aromatic rings. The Labute approximate surface area is 143 Å². The third kappa shape index (κ3) is 2.43. The normalized spacial score (nSPS) is 21.3. The predicted octanol–water partition coefficient (Wildman–Crippen LogP) is 4.09. The van der Waals surface area contributed by atoms with E-state index in [1.54, 1.807) is 12.5 Å². The quantitative estimate of drug-likeness (QED) is 0.565. The van der Waals surface area contributed by atoms with Gasteiger partial charge < -0.3 is 14.5 Å². The molecule has 6 heteroatoms. The second-order valence-corrected chi connectivity index (χ2v) is 5.97. The zero-order valence-electron chi connectivity index (χ0n) is 12.6. The Morgan fingerprint density at radius 2 is 2.04 bits per heavy atom. The number of halogens is 1. The molecule has 1 aliphatic rings. The highest BCUT2D eigenvalue weighted by Crippen LogP contribution is 2.41. The molecule has 0 unspecified atom stereocenters. The molecule has 2 atom stereocenters. The monoisotopic (exact) mass is 339 g/mol. The maximum Gasteiger partial charge on any atom is 0.150 e. The minimum Gasteiger partial charge on any atom is -0.482 e. The molecule has 0 aliphatic carbocycles. The minimum absolute atomic E-state index is 0.356. The van der Waals surface area contributed by atoms with Crippen molar-refractivity contribution in [3.05, 3.63) is 83.4 Å². The highest BCUT2D eigenvalue weighted by atomic mass is 35.5. The number of ether oxygens (including phenoxy) is 1. The summed E-state index contributed by atoms with van der Waals surface area (Å²) in [6, 6.07) is 14.7. The maximum atomic E-state index is 9.70. The van der Waals surface area contributed by atoms with Gasteiger partial charge >= 0.3 is 0 Å². The summed E-state index contributed by atoms with van der Waals surface area (Å²) < 4.78 is 8.11. The molecule has 0 fully saturated rings. The van der Waals surface area contributed by atoms with Crippen molar-refractivity contribution in [2.24, 2.45) is 5.16 Å². The Bertz CT molecular complexity index is 893. The number of hydrogen-bond donors (Lipinski definition) is 1. The lowest BCUT2D eigenvalue weighted by molar-refractivity contribution is 0.157. The molecule has 1 aliphatic heterocycles. The topological polar surface area (TPSA) is 59.6 Å². The van der Waals surface area contributed by atoms with Gasteiger partial charge in [-0.05, 0) is 29.8 Å². The molecule has 5 nitrogen and oxygen atoms in total. The molecular formula is C18H14ClN3O2. The molecule has 2 heterocycles. The fourth-order valence-electron chi connectivity index (χ4n) is 3.06. The number of para-hydroxylation sites is 1. The van der Waals surface area contributed by atoms with Crippen LogP contribution in [0, 0.1) is 0 Å². The van der Waals surface area contributed by atoms with Crippen LogP contribution in [-0.4, -0.2) is 20.5 Å². The molecule has 2 aromatic carbocycles. The first-order chi connectivity index (χ1) is 11.8. The van der Waals surface area contributed by atoms with Gasteiger partial charge in [-0.15, -0.1) is 0 Å². The molecule has 120 valence electrons. The maximum absolute atomic E-state index is 9.70. The number of benzene rings is 2. The number of hydrogen-bond acceptors (Lipinski definition) is 4. The van der Waals surface area contributed by atoms with Crippen molar-refractivity contribution in [1.29, 1.82) is 0 Å². The molecular weight excluding hydrogens is 326 g/mol. The van der Waals surface area contributed by atoms with Crippen molar-refractivity contribution in [3.8, 4) is 5.75 Å². The summed E-state index contributed by atoms with van der Waals surface area (Å²) in [7, 11) is 0. The third-order valence-corrected chi connectivity index (χ3v) is 4.35. The Morgan fingerprint density at radius 1 is 1.17 bits per heavy atom. The average Bonchev–Trinajstić information content (AvgIpc) is 3.14. The van der Waals surface area contributed by atoms with E-state index < -0.39 is 6.10 Å². The number of nitrogens with zero attached hydrogens (tertiary/aromatic N) is 3. The van der Waals surface area contributed by atoms with Crippen molar-refractivity contribution < 1.29 is 9.94 Å². The molecule has 24 heavy (non-hydrogen) atoms. The van der Waals surface area contributed by atoms with E-state index in [1.165, 1.54) is 0 Å². The zero-order chi connectivity index (χ0) is 16.5. The van der Waals surface area contributed by atoms with Crippen molar-refractivity contribution >= 4 is 17.3 Å². The summed E-state index contributed by atoms with van der Waals surface area (Å²) >= 11 is 6.15. The number of oxime groups is 1. The first kappa shape index (κ1) is 14.8. The highest BCUT2D eigenvalue weighted by Gasteiger charge is 2.38. The summed E-state index contributed by atoms with van der Waals surface area (Å²) in [5.74, 6) is 0.673. The van der Waals surface area contributed by atoms with Crippen LogP contribution in [0.4, 0.5) is 0 Å². The second-order valence-electron chi connectivity index (χ2n) is 5.53. The number of imidazole rings is 1. The van der Waals surface area contributed by atoms with Gasteiger partial charge in [0.15, 0.2) is 6.10 Å². The van der Waals surface area contributed by atoms with Gasteiger partial charge in [-0.25, -0.2) is 4.98 Å². The summed E-state index contributed by atoms with van der Waals surface area (Å²) in [6.07, 6.45) is 4.80. The Morgan fingerprint density at radius 3 is 2.79 bits per heavy atom. The van der Waals surface area contributed by atoms with Gasteiger partial charge in [0, 0.05) is 23.0 Å². The van der Waals surface area contributed by atoms with Gasteiger partial charge in [-0.1, -0.05) is 41.0 Å². The van der Waals surface area contributed by atoms with Crippen LogP contribution in [-0.2, 0) is 0 Å². The summed E-state index contributed by atoms with van der Waals surface area (Å²) in [5.41, 5.74) is 2.19. The van der Waals surface area contributed by atoms with Crippen molar-refractivity contribution in [1.82, 2.24) is 9.55 Å². The van der Waals surface area contributed by atoms with E-state index >= 15 is 0 Å². The lowest BCUT2D eigenvalue weighted by atomic mass is 9.90. The van der Waals surface area contributed by atoms with Crippen LogP contribution in [0.5, 0.6) is 5.75 Å². The first-order valence-electron chi connectivity index (χ1n) is 7.49. The van der Waals surface area contributed by atoms with Crippen molar-refractivity contribution in [3.63, 3.8) is 0 Å². The first-order valence-corrected chi connectivity index (χ1v) is 7.86. The highest BCUT2D eigenvalue weighted by molar-refractivity contribution is 6.30. The van der Waals surface area contributed by atoms with E-state index in [2.05, 4.69) is 10.1 Å². The fourth-order valence-corrected chi connectivity index (χ4v) is 3.26. The van der Waals surface area contributed by atoms with E-state index in [0.29, 0.717) is 16.5 Å². The lowest BCUT2D eigenvalue weighted by Crippen LogP contribution is -2.34. The van der Waals surface area contributed by atoms with Crippen LogP contribution in [0.15, 0.2) is 72.4 Å². The Kier molecular flexibility index (Phi) is 3.70. The molecule has 1 aromatic heterocycles. The van der Waals surface area contributed by atoms with Crippen LogP contribution >= 0.6 is 11.6 Å². The van der Waals surface area contributed by atoms with Gasteiger partial charge in [-0.2, -0.15) is 0 Å². The third-order valence-electron chi connectivity index (χ3n) is 4.11. The fraction of sp³-hybridized carbons (Fsp3) is 0.111. The largest absolute Gasteiger partial charge is 0.482 e. The van der Waals surface area contributed by atoms with Gasteiger partial charge in [0.25, 0.3) is 0 Å². The molecule has 0 bridgehead atoms. The van der Waals surface area contributed by atoms with Crippen LogP contribution in [0.2, 0.25) is 5.02 Å². The number of aromatic nitrogens is 2. The van der Waals surface area contributed by atoms with Crippen molar-refractivity contribution in [2.45, 2.75) is 12.1 Å². The van der Waals surface area contributed by atoms with Crippen molar-refractivity contribution in [2.75, 3.05) is 0 Å². The van der Waals surface area contributed by atoms with Crippen LogP contribution in [0.3, 0.4) is 0 Å². The van der Waals surface area contributed by atoms with E-state index in [0.717, 1.165) is 11.1 Å². The van der Waals surface area contributed by atoms with E-state index in [9.17, 15) is 5.21 Å². The van der Waals surface area contributed by atoms with E-state index in [4.69, 9.17) is 16.3 Å². The number of rotatable bonds is 2. The Hall–Kier alpha value is -2.79. The summed E-state index contributed by atoms with van der Waals surface area (Å²) in [6.45, 7) is 0. The molecule has 1 N–H and O–H groups in total. The molecule has 0 spiro atoms. The van der Waals surface area contributed by atoms with Gasteiger partial charge in [0.1, 0.15) is 17.5 Å². The Balaban J connectivity index is 1.91. The average molecular weight is 340 g/mol. The molecule has 0 saturated heterocycles. The van der Waals surface area contributed by atoms with Crippen LogP contribution in [0.25, 0.3) is 0 Å².